The maximum Gasteiger partial charge on any atom is 0.306 e. The maximum absolute atomic E-state index is 12.6. The van der Waals surface area contributed by atoms with Crippen molar-refractivity contribution in [1.29, 1.82) is 0 Å². The number of aliphatic hydroxyl groups excluding tert-OH is 1. The SMILES string of the molecule is CCCC(Cc1ccccc1OCC[C@@H](O)/C=C/c1cccc(NS(=O)(=O)c2ccccc2)c1)C(=O)O. The van der Waals surface area contributed by atoms with Crippen LogP contribution < -0.4 is 9.46 Å². The first-order valence-electron chi connectivity index (χ1n) is 12.3. The van der Waals surface area contributed by atoms with Crippen molar-refractivity contribution in [1.82, 2.24) is 0 Å². The molecule has 2 atom stereocenters. The van der Waals surface area contributed by atoms with Crippen LogP contribution in [-0.4, -0.2) is 37.3 Å². The molecule has 3 aromatic carbocycles. The van der Waals surface area contributed by atoms with E-state index in [0.717, 1.165) is 17.5 Å². The van der Waals surface area contributed by atoms with Gasteiger partial charge in [0.25, 0.3) is 10.0 Å². The van der Waals surface area contributed by atoms with E-state index in [1.165, 1.54) is 12.1 Å². The number of hydrogen-bond acceptors (Lipinski definition) is 5. The first kappa shape index (κ1) is 28.0. The predicted octanol–water partition coefficient (Wildman–Crippen LogP) is 5.37. The van der Waals surface area contributed by atoms with E-state index >= 15 is 0 Å². The van der Waals surface area contributed by atoms with Gasteiger partial charge in [0, 0.05) is 12.1 Å². The number of carboxylic acids is 1. The van der Waals surface area contributed by atoms with Gasteiger partial charge in [-0.3, -0.25) is 9.52 Å². The summed E-state index contributed by atoms with van der Waals surface area (Å²) in [6.45, 7) is 2.22. The van der Waals surface area contributed by atoms with Crippen LogP contribution in [0.25, 0.3) is 6.08 Å². The van der Waals surface area contributed by atoms with Gasteiger partial charge >= 0.3 is 5.97 Å². The van der Waals surface area contributed by atoms with Crippen molar-refractivity contribution >= 4 is 27.8 Å². The molecule has 0 saturated carbocycles. The van der Waals surface area contributed by atoms with Crippen molar-refractivity contribution in [3.8, 4) is 5.75 Å². The molecule has 0 saturated heterocycles. The molecule has 8 heteroatoms. The zero-order chi connectivity index (χ0) is 26.7. The largest absolute Gasteiger partial charge is 0.493 e. The average Bonchev–Trinajstić information content (AvgIpc) is 2.88. The van der Waals surface area contributed by atoms with E-state index in [1.54, 1.807) is 48.6 Å². The van der Waals surface area contributed by atoms with Crippen LogP contribution in [0.3, 0.4) is 0 Å². The summed E-state index contributed by atoms with van der Waals surface area (Å²) in [6.07, 6.45) is 4.70. The van der Waals surface area contributed by atoms with Crippen LogP contribution >= 0.6 is 0 Å². The Bertz CT molecular complexity index is 1290. The lowest BCUT2D eigenvalue weighted by Crippen LogP contribution is -2.17. The van der Waals surface area contributed by atoms with E-state index in [0.29, 0.717) is 30.7 Å². The minimum Gasteiger partial charge on any atom is -0.493 e. The Morgan fingerprint density at radius 1 is 1.00 bits per heavy atom. The van der Waals surface area contributed by atoms with Crippen molar-refractivity contribution in [2.24, 2.45) is 5.92 Å². The van der Waals surface area contributed by atoms with Crippen LogP contribution in [0.4, 0.5) is 5.69 Å². The number of rotatable bonds is 14. The Balaban J connectivity index is 1.55. The molecule has 0 aliphatic heterocycles. The highest BCUT2D eigenvalue weighted by molar-refractivity contribution is 7.92. The zero-order valence-corrected chi connectivity index (χ0v) is 21.6. The number of para-hydroxylation sites is 1. The lowest BCUT2D eigenvalue weighted by Gasteiger charge is -2.16. The van der Waals surface area contributed by atoms with Crippen LogP contribution in [0, 0.1) is 5.92 Å². The number of aliphatic carboxylic acids is 1. The van der Waals surface area contributed by atoms with Crippen LogP contribution in [0.2, 0.25) is 0 Å². The molecular weight excluding hydrogens is 490 g/mol. The van der Waals surface area contributed by atoms with Crippen molar-refractivity contribution < 1.29 is 28.2 Å². The smallest absolute Gasteiger partial charge is 0.306 e. The van der Waals surface area contributed by atoms with E-state index in [1.807, 2.05) is 37.3 Å². The van der Waals surface area contributed by atoms with Gasteiger partial charge in [-0.25, -0.2) is 8.42 Å². The fourth-order valence-electron chi connectivity index (χ4n) is 3.87. The van der Waals surface area contributed by atoms with E-state index < -0.39 is 28.0 Å². The molecule has 3 rings (SSSR count). The highest BCUT2D eigenvalue weighted by Crippen LogP contribution is 2.24. The molecular formula is C29H33NO6S. The van der Waals surface area contributed by atoms with E-state index in [-0.39, 0.29) is 11.5 Å². The molecule has 3 N–H and O–H groups in total. The summed E-state index contributed by atoms with van der Waals surface area (Å²) in [4.78, 5) is 11.7. The predicted molar refractivity (Wildman–Crippen MR) is 145 cm³/mol. The topological polar surface area (TPSA) is 113 Å². The molecule has 0 bridgehead atoms. The van der Waals surface area contributed by atoms with E-state index in [2.05, 4.69) is 4.72 Å². The monoisotopic (exact) mass is 523 g/mol. The van der Waals surface area contributed by atoms with Gasteiger partial charge in [-0.1, -0.05) is 74.0 Å². The molecule has 0 aliphatic rings. The molecule has 0 spiro atoms. The third-order valence-electron chi connectivity index (χ3n) is 5.80. The van der Waals surface area contributed by atoms with Crippen LogP contribution in [-0.2, 0) is 21.2 Å². The number of nitrogens with one attached hydrogen (secondary N) is 1. The number of aliphatic hydroxyl groups is 1. The second kappa shape index (κ2) is 13.6. The quantitative estimate of drug-likeness (QED) is 0.262. The molecule has 0 aromatic heterocycles. The van der Waals surface area contributed by atoms with Gasteiger partial charge in [-0.05, 0) is 54.3 Å². The fraction of sp³-hybridized carbons (Fsp3) is 0.276. The molecule has 0 radical (unpaired) electrons. The molecule has 7 nitrogen and oxygen atoms in total. The second-order valence-electron chi connectivity index (χ2n) is 8.74. The minimum atomic E-state index is -3.69. The third kappa shape index (κ3) is 8.77. The molecule has 0 fully saturated rings. The molecule has 0 aliphatic carbocycles. The summed E-state index contributed by atoms with van der Waals surface area (Å²) >= 11 is 0. The maximum atomic E-state index is 12.6. The van der Waals surface area contributed by atoms with Gasteiger partial charge in [0.2, 0.25) is 0 Å². The zero-order valence-electron chi connectivity index (χ0n) is 20.8. The summed E-state index contributed by atoms with van der Waals surface area (Å²) in [6, 6.07) is 22.4. The number of carbonyl (C=O) groups is 1. The first-order valence-corrected chi connectivity index (χ1v) is 13.7. The summed E-state index contributed by atoms with van der Waals surface area (Å²) in [5, 5.41) is 19.9. The molecule has 0 heterocycles. The fourth-order valence-corrected chi connectivity index (χ4v) is 4.94. The summed E-state index contributed by atoms with van der Waals surface area (Å²) in [7, 11) is -3.69. The van der Waals surface area contributed by atoms with Crippen molar-refractivity contribution in [2.75, 3.05) is 11.3 Å². The minimum absolute atomic E-state index is 0.178. The number of hydrogen-bond donors (Lipinski definition) is 3. The highest BCUT2D eigenvalue weighted by Gasteiger charge is 2.19. The number of sulfonamides is 1. The Hall–Kier alpha value is -3.62. The lowest BCUT2D eigenvalue weighted by atomic mass is 9.95. The molecule has 0 amide bonds. The number of anilines is 1. The molecule has 196 valence electrons. The van der Waals surface area contributed by atoms with Crippen molar-refractivity contribution in [3.63, 3.8) is 0 Å². The molecule has 3 aromatic rings. The van der Waals surface area contributed by atoms with Gasteiger partial charge in [0.1, 0.15) is 5.75 Å². The van der Waals surface area contributed by atoms with Crippen molar-refractivity contribution in [2.45, 2.75) is 43.6 Å². The van der Waals surface area contributed by atoms with Crippen LogP contribution in [0.5, 0.6) is 5.75 Å². The third-order valence-corrected chi connectivity index (χ3v) is 7.20. The summed E-state index contributed by atoms with van der Waals surface area (Å²) in [5.41, 5.74) is 1.99. The molecule has 1 unspecified atom stereocenters. The lowest BCUT2D eigenvalue weighted by molar-refractivity contribution is -0.141. The normalized spacial score (nSPS) is 13.2. The number of carboxylic acid groups (broad SMARTS) is 1. The summed E-state index contributed by atoms with van der Waals surface area (Å²) < 4.78 is 33.5. The van der Waals surface area contributed by atoms with Crippen LogP contribution in [0.1, 0.15) is 37.3 Å². The highest BCUT2D eigenvalue weighted by atomic mass is 32.2. The Kier molecular flexibility index (Phi) is 10.3. The van der Waals surface area contributed by atoms with Gasteiger partial charge in [-0.2, -0.15) is 0 Å². The van der Waals surface area contributed by atoms with Crippen LogP contribution in [0.15, 0.2) is 89.8 Å². The van der Waals surface area contributed by atoms with E-state index in [4.69, 9.17) is 4.74 Å². The summed E-state index contributed by atoms with van der Waals surface area (Å²) in [5.74, 6) is -0.648. The Morgan fingerprint density at radius 3 is 2.46 bits per heavy atom. The standard InChI is InChI=1S/C29H33NO6S/c1-2-9-24(29(32)33)21-23-11-6-7-15-28(23)36-19-18-26(31)17-16-22-10-8-12-25(20-22)30-37(34,35)27-13-4-3-5-14-27/h3-8,10-17,20,24,26,30-31H,2,9,18-19,21H2,1H3,(H,32,33)/b17-16+/t24?,26-/m0/s1. The van der Waals surface area contributed by atoms with Gasteiger partial charge in [0.15, 0.2) is 0 Å². The van der Waals surface area contributed by atoms with Gasteiger partial charge in [0.05, 0.1) is 23.5 Å². The average molecular weight is 524 g/mol. The van der Waals surface area contributed by atoms with Crippen molar-refractivity contribution in [3.05, 3.63) is 96.1 Å². The van der Waals surface area contributed by atoms with E-state index in [9.17, 15) is 23.4 Å². The molecule has 37 heavy (non-hydrogen) atoms. The Labute approximate surface area is 218 Å². The van der Waals surface area contributed by atoms with Gasteiger partial charge < -0.3 is 14.9 Å². The number of benzene rings is 3. The number of ether oxygens (including phenoxy) is 1. The second-order valence-corrected chi connectivity index (χ2v) is 10.4. The van der Waals surface area contributed by atoms with Gasteiger partial charge in [-0.15, -0.1) is 0 Å². The first-order chi connectivity index (χ1) is 17.8. The Morgan fingerprint density at radius 2 is 1.73 bits per heavy atom.